The summed E-state index contributed by atoms with van der Waals surface area (Å²) in [6.45, 7) is 0. The van der Waals surface area contributed by atoms with Crippen molar-refractivity contribution in [3.8, 4) is 0 Å². The zero-order valence-corrected chi connectivity index (χ0v) is 15.1. The molecule has 4 rings (SSSR count). The van der Waals surface area contributed by atoms with Gasteiger partial charge in [-0.1, -0.05) is 30.3 Å². The molecule has 0 radical (unpaired) electrons. The molecule has 0 aliphatic heterocycles. The summed E-state index contributed by atoms with van der Waals surface area (Å²) in [5.41, 5.74) is 1.68. The van der Waals surface area contributed by atoms with E-state index in [0.29, 0.717) is 5.39 Å². The molecule has 1 aliphatic carbocycles. The Hall–Kier alpha value is -2.31. The van der Waals surface area contributed by atoms with Crippen molar-refractivity contribution >= 4 is 45.8 Å². The molecular weight excluding hydrogens is 352 g/mol. The molecule has 1 N–H and O–H groups in total. The molecule has 0 unspecified atom stereocenters. The van der Waals surface area contributed by atoms with E-state index < -0.39 is 5.91 Å². The molecule has 0 spiro atoms. The van der Waals surface area contributed by atoms with Gasteiger partial charge >= 0.3 is 0 Å². The lowest BCUT2D eigenvalue weighted by molar-refractivity contribution is 0.0963. The Morgan fingerprint density at radius 1 is 1.20 bits per heavy atom. The summed E-state index contributed by atoms with van der Waals surface area (Å²) in [7, 11) is 0. The lowest BCUT2D eigenvalue weighted by atomic mass is 9.97. The van der Waals surface area contributed by atoms with Crippen LogP contribution in [0.4, 0.5) is 0 Å². The van der Waals surface area contributed by atoms with Gasteiger partial charge in [0.1, 0.15) is 4.83 Å². The quantitative estimate of drug-likeness (QED) is 0.540. The largest absolute Gasteiger partial charge is 0.323 e. The number of H-pyrrole nitrogens is 1. The molecule has 2 heterocycles. The number of hydrogen-bond acceptors (Lipinski definition) is 4. The second kappa shape index (κ2) is 6.54. The van der Waals surface area contributed by atoms with Crippen molar-refractivity contribution in [1.82, 2.24) is 9.55 Å². The smallest absolute Gasteiger partial charge is 0.270 e. The number of aryl methyl sites for hydroxylation is 2. The molecule has 1 aliphatic rings. The number of aromatic nitrogens is 2. The van der Waals surface area contributed by atoms with Crippen LogP contribution in [0.2, 0.25) is 0 Å². The lowest BCUT2D eigenvalue weighted by Gasteiger charge is -2.10. The normalized spacial score (nSPS) is 14.1. The number of benzene rings is 1. The minimum atomic E-state index is -0.423. The number of nitrogens with zero attached hydrogens (tertiary/aromatic N) is 1. The number of aromatic amines is 1. The predicted molar refractivity (Wildman–Crippen MR) is 104 cm³/mol. The molecule has 0 atom stereocenters. The molecule has 0 bridgehead atoms. The van der Waals surface area contributed by atoms with E-state index in [9.17, 15) is 9.59 Å². The van der Waals surface area contributed by atoms with Crippen molar-refractivity contribution in [1.29, 1.82) is 0 Å². The number of nitrogens with one attached hydrogen (secondary N) is 1. The van der Waals surface area contributed by atoms with Crippen LogP contribution in [0.3, 0.4) is 0 Å². The average molecular weight is 368 g/mol. The topological polar surface area (TPSA) is 54.9 Å². The maximum Gasteiger partial charge on any atom is 0.270 e. The monoisotopic (exact) mass is 368 g/mol. The van der Waals surface area contributed by atoms with Crippen molar-refractivity contribution in [3.63, 3.8) is 0 Å². The molecule has 2 aromatic heterocycles. The van der Waals surface area contributed by atoms with E-state index in [0.717, 1.165) is 46.2 Å². The van der Waals surface area contributed by atoms with Crippen LogP contribution in [0.1, 0.15) is 33.6 Å². The van der Waals surface area contributed by atoms with E-state index in [1.807, 2.05) is 30.3 Å². The first kappa shape index (κ1) is 16.2. The van der Waals surface area contributed by atoms with Crippen molar-refractivity contribution < 1.29 is 4.79 Å². The Morgan fingerprint density at radius 3 is 2.76 bits per heavy atom. The summed E-state index contributed by atoms with van der Waals surface area (Å²) in [6.07, 6.45) is 7.20. The summed E-state index contributed by atoms with van der Waals surface area (Å²) < 4.78 is 1.22. The van der Waals surface area contributed by atoms with Crippen molar-refractivity contribution in [3.05, 3.63) is 67.5 Å². The number of hydrogen-bond donors (Lipinski definition) is 1. The molecule has 0 amide bonds. The van der Waals surface area contributed by atoms with E-state index in [1.54, 1.807) is 17.4 Å². The number of thiophene rings is 1. The Kier molecular flexibility index (Phi) is 4.23. The van der Waals surface area contributed by atoms with Crippen molar-refractivity contribution in [2.75, 3.05) is 0 Å². The summed E-state index contributed by atoms with van der Waals surface area (Å²) in [5, 5.41) is 0.634. The predicted octanol–water partition coefficient (Wildman–Crippen LogP) is 4.35. The van der Waals surface area contributed by atoms with Gasteiger partial charge in [0.05, 0.1) is 5.39 Å². The lowest BCUT2D eigenvalue weighted by Crippen LogP contribution is -2.27. The maximum absolute atomic E-state index is 13.0. The van der Waals surface area contributed by atoms with Gasteiger partial charge in [-0.3, -0.25) is 9.59 Å². The Balaban J connectivity index is 1.82. The molecule has 6 heteroatoms. The molecule has 1 aromatic carbocycles. The van der Waals surface area contributed by atoms with Gasteiger partial charge in [-0.25, -0.2) is 4.57 Å². The highest BCUT2D eigenvalue weighted by Crippen LogP contribution is 2.33. The summed E-state index contributed by atoms with van der Waals surface area (Å²) in [6, 6.07) is 9.49. The Labute approximate surface area is 153 Å². The zero-order valence-electron chi connectivity index (χ0n) is 13.5. The number of fused-ring (bicyclic) bond motifs is 3. The van der Waals surface area contributed by atoms with Crippen LogP contribution < -0.4 is 5.56 Å². The number of allylic oxidation sites excluding steroid dienone is 1. The summed E-state index contributed by atoms with van der Waals surface area (Å²) >= 11 is 6.87. The zero-order chi connectivity index (χ0) is 17.4. The second-order valence-corrected chi connectivity index (χ2v) is 7.56. The van der Waals surface area contributed by atoms with Gasteiger partial charge in [0.15, 0.2) is 4.77 Å². The van der Waals surface area contributed by atoms with Crippen LogP contribution in [-0.4, -0.2) is 15.5 Å². The van der Waals surface area contributed by atoms with Gasteiger partial charge in [0.2, 0.25) is 0 Å². The molecule has 0 fully saturated rings. The van der Waals surface area contributed by atoms with Crippen LogP contribution in [0, 0.1) is 4.77 Å². The highest BCUT2D eigenvalue weighted by Gasteiger charge is 2.21. The van der Waals surface area contributed by atoms with Gasteiger partial charge in [0.25, 0.3) is 11.5 Å². The Bertz CT molecular complexity index is 1100. The third kappa shape index (κ3) is 2.92. The van der Waals surface area contributed by atoms with Crippen LogP contribution in [0.15, 0.2) is 41.2 Å². The molecule has 3 aromatic rings. The van der Waals surface area contributed by atoms with E-state index in [2.05, 4.69) is 4.98 Å². The van der Waals surface area contributed by atoms with Gasteiger partial charge in [-0.15, -0.1) is 11.3 Å². The van der Waals surface area contributed by atoms with E-state index in [4.69, 9.17) is 12.2 Å². The third-order valence-electron chi connectivity index (χ3n) is 4.45. The standard InChI is InChI=1S/C19H16N2O2S2/c22-15(11-10-12-6-2-1-3-7-12)21-18(23)16-13-8-4-5-9-14(13)25-17(16)20-19(21)24/h1-3,6-7,10-11H,4-5,8-9H2,(H,20,24)/b11-10+. The molecular formula is C19H16N2O2S2. The summed E-state index contributed by atoms with van der Waals surface area (Å²) in [5.74, 6) is -0.423. The number of carbonyl (C=O) groups is 1. The highest BCUT2D eigenvalue weighted by atomic mass is 32.1. The first-order chi connectivity index (χ1) is 12.1. The fraction of sp³-hybridized carbons (Fsp3) is 0.211. The van der Waals surface area contributed by atoms with Gasteiger partial charge < -0.3 is 4.98 Å². The van der Waals surface area contributed by atoms with Crippen LogP contribution in [-0.2, 0) is 12.8 Å². The molecule has 25 heavy (non-hydrogen) atoms. The molecule has 4 nitrogen and oxygen atoms in total. The minimum Gasteiger partial charge on any atom is -0.323 e. The first-order valence-corrected chi connectivity index (χ1v) is 9.44. The van der Waals surface area contributed by atoms with Gasteiger partial charge in [-0.05, 0) is 55.1 Å². The fourth-order valence-electron chi connectivity index (χ4n) is 3.24. The molecule has 0 saturated heterocycles. The Morgan fingerprint density at radius 2 is 1.96 bits per heavy atom. The SMILES string of the molecule is O=C(/C=C/c1ccccc1)n1c(=S)[nH]c2sc3c(c2c1=O)CCCC3. The minimum absolute atomic E-state index is 0.152. The van der Waals surface area contributed by atoms with E-state index >= 15 is 0 Å². The number of carbonyl (C=O) groups excluding carboxylic acids is 1. The van der Waals surface area contributed by atoms with Crippen LogP contribution >= 0.6 is 23.6 Å². The van der Waals surface area contributed by atoms with Gasteiger partial charge in [-0.2, -0.15) is 0 Å². The summed E-state index contributed by atoms with van der Waals surface area (Å²) in [4.78, 5) is 30.7. The average Bonchev–Trinajstić information content (AvgIpc) is 2.99. The number of rotatable bonds is 2. The van der Waals surface area contributed by atoms with Gasteiger partial charge in [0, 0.05) is 11.0 Å². The first-order valence-electron chi connectivity index (χ1n) is 8.22. The fourth-order valence-corrected chi connectivity index (χ4v) is 4.86. The van der Waals surface area contributed by atoms with E-state index in [1.165, 1.54) is 11.0 Å². The van der Waals surface area contributed by atoms with Crippen molar-refractivity contribution in [2.45, 2.75) is 25.7 Å². The second-order valence-electron chi connectivity index (χ2n) is 6.07. The highest BCUT2D eigenvalue weighted by molar-refractivity contribution is 7.71. The van der Waals surface area contributed by atoms with Crippen LogP contribution in [0.5, 0.6) is 0 Å². The third-order valence-corrected chi connectivity index (χ3v) is 5.94. The van der Waals surface area contributed by atoms with E-state index in [-0.39, 0.29) is 10.3 Å². The molecule has 126 valence electrons. The van der Waals surface area contributed by atoms with Crippen molar-refractivity contribution in [2.24, 2.45) is 0 Å². The van der Waals surface area contributed by atoms with Crippen LogP contribution in [0.25, 0.3) is 16.3 Å². The maximum atomic E-state index is 13.0. The molecule has 0 saturated carbocycles.